The van der Waals surface area contributed by atoms with Crippen LogP contribution in [-0.2, 0) is 0 Å². The molecule has 22 heavy (non-hydrogen) atoms. The Morgan fingerprint density at radius 1 is 1.14 bits per heavy atom. The molecule has 122 valence electrons. The number of anilines is 1. The average Bonchev–Trinajstić information content (AvgIpc) is 2.55. The van der Waals surface area contributed by atoms with Crippen LogP contribution >= 0.6 is 0 Å². The Bertz CT molecular complexity index is 479. The van der Waals surface area contributed by atoms with Crippen LogP contribution in [0.4, 0.5) is 5.69 Å². The molecule has 0 spiro atoms. The van der Waals surface area contributed by atoms with Crippen LogP contribution in [0.5, 0.6) is 0 Å². The fraction of sp³-hybridized carbons (Fsp3) is 0.684. The van der Waals surface area contributed by atoms with Crippen LogP contribution in [0.1, 0.15) is 57.6 Å². The van der Waals surface area contributed by atoms with E-state index in [4.69, 9.17) is 0 Å². The van der Waals surface area contributed by atoms with Crippen molar-refractivity contribution in [1.82, 2.24) is 5.32 Å². The lowest BCUT2D eigenvalue weighted by molar-refractivity contribution is -0.0861. The molecule has 1 saturated carbocycles. The molecule has 0 radical (unpaired) electrons. The van der Waals surface area contributed by atoms with Crippen LogP contribution in [-0.4, -0.2) is 30.3 Å². The predicted molar refractivity (Wildman–Crippen MR) is 92.3 cm³/mol. The van der Waals surface area contributed by atoms with Crippen LogP contribution in [0.15, 0.2) is 24.3 Å². The average molecular weight is 302 g/mol. The minimum absolute atomic E-state index is 0.310. The summed E-state index contributed by atoms with van der Waals surface area (Å²) in [6.45, 7) is 7.40. The van der Waals surface area contributed by atoms with E-state index in [1.54, 1.807) is 0 Å². The third-order valence-corrected chi connectivity index (χ3v) is 5.77. The van der Waals surface area contributed by atoms with Crippen molar-refractivity contribution in [1.29, 1.82) is 0 Å². The van der Waals surface area contributed by atoms with E-state index < -0.39 is 5.60 Å². The molecule has 1 saturated heterocycles. The van der Waals surface area contributed by atoms with Gasteiger partial charge in [0.25, 0.3) is 0 Å². The number of hydrogen-bond acceptors (Lipinski definition) is 3. The van der Waals surface area contributed by atoms with Crippen molar-refractivity contribution in [2.75, 3.05) is 24.5 Å². The standard InChI is InChI=1S/C19H30N2O/c1-3-21(4-2)16-10-8-15(9-11-16)18-17-7-5-6-12-19(17,22)13-14-20-18/h8-11,17-18,20,22H,3-7,12-14H2,1-2H3/t17-,18-,19-/m1/s1. The number of hydrogen-bond donors (Lipinski definition) is 2. The number of fused-ring (bicyclic) bond motifs is 1. The largest absolute Gasteiger partial charge is 0.389 e. The van der Waals surface area contributed by atoms with Crippen molar-refractivity contribution in [2.24, 2.45) is 5.92 Å². The summed E-state index contributed by atoms with van der Waals surface area (Å²) in [6.07, 6.45) is 5.47. The molecule has 1 aromatic rings. The second kappa shape index (κ2) is 6.59. The van der Waals surface area contributed by atoms with Gasteiger partial charge in [0.05, 0.1) is 5.60 Å². The van der Waals surface area contributed by atoms with Crippen molar-refractivity contribution in [3.05, 3.63) is 29.8 Å². The van der Waals surface area contributed by atoms with E-state index in [1.807, 2.05) is 0 Å². The number of nitrogens with one attached hydrogen (secondary N) is 1. The van der Waals surface area contributed by atoms with Crippen LogP contribution < -0.4 is 10.2 Å². The van der Waals surface area contributed by atoms with E-state index >= 15 is 0 Å². The molecule has 1 aliphatic heterocycles. The lowest BCUT2D eigenvalue weighted by Crippen LogP contribution is -2.53. The molecule has 1 heterocycles. The topological polar surface area (TPSA) is 35.5 Å². The second-order valence-electron chi connectivity index (χ2n) is 6.90. The van der Waals surface area contributed by atoms with Gasteiger partial charge in [-0.05, 0) is 57.4 Å². The Kier molecular flexibility index (Phi) is 4.74. The van der Waals surface area contributed by atoms with Gasteiger partial charge in [0.2, 0.25) is 0 Å². The monoisotopic (exact) mass is 302 g/mol. The molecule has 2 fully saturated rings. The minimum atomic E-state index is -0.439. The number of benzene rings is 1. The van der Waals surface area contributed by atoms with Gasteiger partial charge < -0.3 is 15.3 Å². The molecule has 0 bridgehead atoms. The van der Waals surface area contributed by atoms with E-state index in [-0.39, 0.29) is 0 Å². The fourth-order valence-electron chi connectivity index (χ4n) is 4.45. The van der Waals surface area contributed by atoms with Crippen LogP contribution in [0.25, 0.3) is 0 Å². The molecule has 0 unspecified atom stereocenters. The Labute approximate surface area is 134 Å². The molecule has 3 heteroatoms. The number of nitrogens with zero attached hydrogens (tertiary/aromatic N) is 1. The fourth-order valence-corrected chi connectivity index (χ4v) is 4.45. The van der Waals surface area contributed by atoms with Gasteiger partial charge in [0.1, 0.15) is 0 Å². The quantitative estimate of drug-likeness (QED) is 0.893. The first kappa shape index (κ1) is 15.8. The molecule has 3 nitrogen and oxygen atoms in total. The Morgan fingerprint density at radius 3 is 2.55 bits per heavy atom. The van der Waals surface area contributed by atoms with Gasteiger partial charge in [0, 0.05) is 30.7 Å². The van der Waals surface area contributed by atoms with Crippen LogP contribution in [0, 0.1) is 5.92 Å². The number of rotatable bonds is 4. The molecule has 1 aromatic carbocycles. The first-order valence-electron chi connectivity index (χ1n) is 8.98. The molecular weight excluding hydrogens is 272 g/mol. The van der Waals surface area contributed by atoms with E-state index in [0.29, 0.717) is 12.0 Å². The summed E-state index contributed by atoms with van der Waals surface area (Å²) >= 11 is 0. The first-order valence-corrected chi connectivity index (χ1v) is 8.98. The summed E-state index contributed by atoms with van der Waals surface area (Å²) in [4.78, 5) is 2.37. The molecule has 2 N–H and O–H groups in total. The van der Waals surface area contributed by atoms with Crippen molar-refractivity contribution >= 4 is 5.69 Å². The lowest BCUT2D eigenvalue weighted by Gasteiger charge is -2.48. The maximum Gasteiger partial charge on any atom is 0.0706 e. The van der Waals surface area contributed by atoms with Gasteiger partial charge >= 0.3 is 0 Å². The Balaban J connectivity index is 1.80. The van der Waals surface area contributed by atoms with E-state index in [1.165, 1.54) is 24.1 Å². The number of aliphatic hydroxyl groups is 1. The zero-order chi connectivity index (χ0) is 15.6. The van der Waals surface area contributed by atoms with Crippen LogP contribution in [0.2, 0.25) is 0 Å². The summed E-state index contributed by atoms with van der Waals surface area (Å²) in [5, 5.41) is 14.7. The Hall–Kier alpha value is -1.06. The summed E-state index contributed by atoms with van der Waals surface area (Å²) < 4.78 is 0. The van der Waals surface area contributed by atoms with Gasteiger partial charge in [-0.1, -0.05) is 25.0 Å². The van der Waals surface area contributed by atoms with E-state index in [0.717, 1.165) is 38.9 Å². The summed E-state index contributed by atoms with van der Waals surface area (Å²) in [5.41, 5.74) is 2.19. The zero-order valence-electron chi connectivity index (χ0n) is 14.0. The highest BCUT2D eigenvalue weighted by atomic mass is 16.3. The van der Waals surface area contributed by atoms with Gasteiger partial charge in [-0.25, -0.2) is 0 Å². The smallest absolute Gasteiger partial charge is 0.0706 e. The zero-order valence-corrected chi connectivity index (χ0v) is 14.0. The highest BCUT2D eigenvalue weighted by Gasteiger charge is 2.45. The highest BCUT2D eigenvalue weighted by Crippen LogP contribution is 2.45. The SMILES string of the molecule is CCN(CC)c1ccc([C@H]2NCC[C@]3(O)CCCC[C@H]23)cc1. The van der Waals surface area contributed by atoms with Crippen LogP contribution in [0.3, 0.4) is 0 Å². The third-order valence-electron chi connectivity index (χ3n) is 5.77. The summed E-state index contributed by atoms with van der Waals surface area (Å²) in [5.74, 6) is 0.370. The lowest BCUT2D eigenvalue weighted by atomic mass is 9.67. The minimum Gasteiger partial charge on any atom is -0.389 e. The molecule has 3 atom stereocenters. The van der Waals surface area contributed by atoms with Crippen molar-refractivity contribution in [3.63, 3.8) is 0 Å². The second-order valence-corrected chi connectivity index (χ2v) is 6.90. The van der Waals surface area contributed by atoms with Gasteiger partial charge in [-0.2, -0.15) is 0 Å². The third kappa shape index (κ3) is 2.89. The van der Waals surface area contributed by atoms with Gasteiger partial charge in [0.15, 0.2) is 0 Å². The summed E-state index contributed by atoms with van der Waals surface area (Å²) in [6, 6.07) is 9.29. The molecule has 3 rings (SSSR count). The predicted octanol–water partition coefficient (Wildman–Crippen LogP) is 3.49. The normalized spacial score (nSPS) is 31.6. The molecule has 0 amide bonds. The van der Waals surface area contributed by atoms with E-state index in [2.05, 4.69) is 48.3 Å². The number of piperidine rings is 1. The molecule has 2 aliphatic rings. The maximum absolute atomic E-state index is 11.0. The molecular formula is C19H30N2O. The molecule has 1 aliphatic carbocycles. The van der Waals surface area contributed by atoms with Crippen molar-refractivity contribution < 1.29 is 5.11 Å². The van der Waals surface area contributed by atoms with E-state index in [9.17, 15) is 5.11 Å². The summed E-state index contributed by atoms with van der Waals surface area (Å²) in [7, 11) is 0. The Morgan fingerprint density at radius 2 is 1.86 bits per heavy atom. The van der Waals surface area contributed by atoms with Crippen molar-refractivity contribution in [2.45, 2.75) is 57.6 Å². The molecule has 0 aromatic heterocycles. The van der Waals surface area contributed by atoms with Gasteiger partial charge in [-0.3, -0.25) is 0 Å². The van der Waals surface area contributed by atoms with Crippen molar-refractivity contribution in [3.8, 4) is 0 Å². The van der Waals surface area contributed by atoms with Gasteiger partial charge in [-0.15, -0.1) is 0 Å². The first-order chi connectivity index (χ1) is 10.7. The highest BCUT2D eigenvalue weighted by molar-refractivity contribution is 5.48. The maximum atomic E-state index is 11.0.